The molecule has 14 heteroatoms. The Bertz CT molecular complexity index is 1800. The van der Waals surface area contributed by atoms with Crippen LogP contribution in [0.2, 0.25) is 5.02 Å². The van der Waals surface area contributed by atoms with Gasteiger partial charge < -0.3 is 33.6 Å². The van der Waals surface area contributed by atoms with Crippen LogP contribution in [0.3, 0.4) is 0 Å². The van der Waals surface area contributed by atoms with Gasteiger partial charge in [0.15, 0.2) is 0 Å². The minimum absolute atomic E-state index is 0.0154. The fourth-order valence-corrected chi connectivity index (χ4v) is 8.80. The molecule has 0 radical (unpaired) electrons. The average molecular weight is 729 g/mol. The summed E-state index contributed by atoms with van der Waals surface area (Å²) in [6.45, 7) is 6.20. The maximum absolute atomic E-state index is 13.6. The number of rotatable bonds is 2. The van der Waals surface area contributed by atoms with Crippen LogP contribution in [0.5, 0.6) is 11.5 Å². The molecule has 4 aliphatic heterocycles. The lowest BCUT2D eigenvalue weighted by Gasteiger charge is -2.46. The molecule has 2 amide bonds. The highest BCUT2D eigenvalue weighted by Crippen LogP contribution is 2.48. The summed E-state index contributed by atoms with van der Waals surface area (Å²) >= 11 is 6.36. The predicted octanol–water partition coefficient (Wildman–Crippen LogP) is 4.21. The monoisotopic (exact) mass is 728 g/mol. The Hall–Kier alpha value is -3.52. The number of fused-ring (bicyclic) bond motifs is 4. The number of likely N-dealkylation sites (N-methyl/N-ethyl adjacent to an activating group) is 1. The van der Waals surface area contributed by atoms with Crippen LogP contribution in [0.25, 0.3) is 0 Å². The van der Waals surface area contributed by atoms with Crippen molar-refractivity contribution in [2.24, 2.45) is 11.8 Å². The molecule has 1 saturated carbocycles. The number of carbonyl (C=O) groups is 2. The van der Waals surface area contributed by atoms with E-state index in [9.17, 15) is 18.0 Å². The van der Waals surface area contributed by atoms with E-state index in [-0.39, 0.29) is 29.4 Å². The van der Waals surface area contributed by atoms with Crippen LogP contribution in [0.15, 0.2) is 53.4 Å². The van der Waals surface area contributed by atoms with Crippen LogP contribution in [-0.4, -0.2) is 108 Å². The normalized spacial score (nSPS) is 29.6. The third-order valence-electron chi connectivity index (χ3n) is 11.0. The summed E-state index contributed by atoms with van der Waals surface area (Å²) in [5.41, 5.74) is -0.337. The molecule has 2 fully saturated rings. The molecule has 270 valence electrons. The first-order chi connectivity index (χ1) is 23.7. The van der Waals surface area contributed by atoms with Gasteiger partial charge in [0.05, 0.1) is 35.8 Å². The zero-order valence-corrected chi connectivity index (χ0v) is 30.5. The van der Waals surface area contributed by atoms with Gasteiger partial charge in [0, 0.05) is 48.7 Å². The minimum atomic E-state index is -4.26. The first-order valence-corrected chi connectivity index (χ1v) is 19.1. The van der Waals surface area contributed by atoms with E-state index in [0.29, 0.717) is 74.1 Å². The second-order valence-electron chi connectivity index (χ2n) is 14.9. The second-order valence-corrected chi connectivity index (χ2v) is 17.0. The molecule has 1 saturated heterocycles. The van der Waals surface area contributed by atoms with Crippen LogP contribution in [-0.2, 0) is 29.7 Å². The maximum atomic E-state index is 13.6. The smallest absolute Gasteiger partial charge is 0.410 e. The number of hydrogen-bond acceptors (Lipinski definition) is 10. The summed E-state index contributed by atoms with van der Waals surface area (Å²) in [7, 11) is -0.254. The van der Waals surface area contributed by atoms with Crippen LogP contribution in [0.4, 0.5) is 10.5 Å². The molecule has 4 atom stereocenters. The Kier molecular flexibility index (Phi) is 9.23. The third kappa shape index (κ3) is 6.65. The lowest BCUT2D eigenvalue weighted by molar-refractivity contribution is -0.139. The summed E-state index contributed by atoms with van der Waals surface area (Å²) < 4.78 is 54.1. The minimum Gasteiger partial charge on any atom is -0.493 e. The first kappa shape index (κ1) is 34.9. The molecular formula is C36H45ClN4O8S. The van der Waals surface area contributed by atoms with Crippen molar-refractivity contribution in [3.05, 3.63) is 59.1 Å². The van der Waals surface area contributed by atoms with Gasteiger partial charge >= 0.3 is 6.09 Å². The van der Waals surface area contributed by atoms with Gasteiger partial charge in [-0.2, -0.15) is 0 Å². The Morgan fingerprint density at radius 3 is 2.60 bits per heavy atom. The molecule has 5 aliphatic rings. The van der Waals surface area contributed by atoms with Gasteiger partial charge in [-0.1, -0.05) is 23.7 Å². The topological polar surface area (TPSA) is 127 Å². The molecular weight excluding hydrogens is 684 g/mol. The van der Waals surface area contributed by atoms with Crippen molar-refractivity contribution in [1.29, 1.82) is 0 Å². The average Bonchev–Trinajstić information content (AvgIpc) is 3.16. The molecule has 7 rings (SSSR count). The Morgan fingerprint density at radius 1 is 1.06 bits per heavy atom. The summed E-state index contributed by atoms with van der Waals surface area (Å²) in [5, 5.41) is 0.579. The molecule has 1 spiro atoms. The van der Waals surface area contributed by atoms with E-state index >= 15 is 0 Å². The predicted molar refractivity (Wildman–Crippen MR) is 187 cm³/mol. The number of halogens is 1. The number of nitrogens with one attached hydrogen (secondary N) is 1. The van der Waals surface area contributed by atoms with Crippen LogP contribution in [0, 0.1) is 11.8 Å². The van der Waals surface area contributed by atoms with Gasteiger partial charge in [-0.05, 0) is 89.5 Å². The van der Waals surface area contributed by atoms with Gasteiger partial charge in [-0.3, -0.25) is 4.79 Å². The van der Waals surface area contributed by atoms with E-state index < -0.39 is 33.1 Å². The third-order valence-corrected chi connectivity index (χ3v) is 12.6. The lowest BCUT2D eigenvalue weighted by atomic mass is 9.69. The highest BCUT2D eigenvalue weighted by atomic mass is 35.5. The van der Waals surface area contributed by atoms with Crippen molar-refractivity contribution in [1.82, 2.24) is 14.5 Å². The number of hydrogen-bond donors (Lipinski definition) is 1. The molecule has 2 aromatic rings. The highest BCUT2D eigenvalue weighted by molar-refractivity contribution is 7.90. The molecule has 4 heterocycles. The second kappa shape index (κ2) is 13.2. The van der Waals surface area contributed by atoms with Crippen LogP contribution in [0.1, 0.15) is 38.7 Å². The summed E-state index contributed by atoms with van der Waals surface area (Å²) in [6, 6.07) is 10.7. The number of nitrogens with zero attached hydrogens (tertiary/aromatic N) is 3. The fourth-order valence-electron chi connectivity index (χ4n) is 7.51. The zero-order valence-electron chi connectivity index (χ0n) is 28.9. The summed E-state index contributed by atoms with van der Waals surface area (Å²) in [5.74, 6) is 0.603. The van der Waals surface area contributed by atoms with Crippen molar-refractivity contribution in [3.63, 3.8) is 0 Å². The van der Waals surface area contributed by atoms with Gasteiger partial charge in [-0.15, -0.1) is 0 Å². The molecule has 1 aliphatic carbocycles. The first-order valence-electron chi connectivity index (χ1n) is 17.2. The molecule has 2 bridgehead atoms. The van der Waals surface area contributed by atoms with Crippen molar-refractivity contribution in [2.45, 2.75) is 61.2 Å². The molecule has 50 heavy (non-hydrogen) atoms. The van der Waals surface area contributed by atoms with Gasteiger partial charge in [0.25, 0.3) is 15.9 Å². The number of carbonyl (C=O) groups excluding carboxylic acids is 2. The molecule has 12 nitrogen and oxygen atoms in total. The Labute approximate surface area is 298 Å². The van der Waals surface area contributed by atoms with Crippen molar-refractivity contribution >= 4 is 39.3 Å². The molecule has 0 unspecified atom stereocenters. The van der Waals surface area contributed by atoms with Crippen LogP contribution < -0.4 is 19.1 Å². The molecule has 2 aromatic carbocycles. The number of benzene rings is 2. The Morgan fingerprint density at radius 2 is 1.86 bits per heavy atom. The largest absolute Gasteiger partial charge is 0.493 e. The van der Waals surface area contributed by atoms with E-state index in [2.05, 4.69) is 14.5 Å². The number of amides is 2. The number of sulfonamides is 1. The number of ether oxygens (including phenoxy) is 4. The lowest BCUT2D eigenvalue weighted by Crippen LogP contribution is -2.60. The zero-order chi connectivity index (χ0) is 35.4. The SMILES string of the molecule is CN(C)C1CN(C(=O)O[C@H]2/C=C/COC(C)(C)C(=O)NS(=O)(=O)c3ccc4c(c3)N(C[C@@H]3CC[C@H]32)C[C@@]2(CCOc3cc(Cl)ccc32)CO4)C1. The summed E-state index contributed by atoms with van der Waals surface area (Å²) in [4.78, 5) is 32.6. The molecule has 1 N–H and O–H groups in total. The standard InChI is InChI=1S/C36H45ClN4O8S/c1-35(2)33(42)38-50(44,45)26-9-12-31-29(17-26)41(21-36(22-47-31)13-15-46-32-16-24(37)8-11-28(32)36)18-23-7-10-27(23)30(6-5-14-48-35)49-34(43)40-19-25(20-40)39(3)4/h5-6,8-9,11-12,16-17,23,25,27,30H,7,10,13-15,18-22H2,1-4H3,(H,38,42)/b6-5+/t23-,27+,30-,36-/m0/s1. The highest BCUT2D eigenvalue weighted by Gasteiger charge is 2.46. The van der Waals surface area contributed by atoms with Gasteiger partial charge in [0.2, 0.25) is 0 Å². The van der Waals surface area contributed by atoms with Gasteiger partial charge in [-0.25, -0.2) is 17.9 Å². The quantitative estimate of drug-likeness (QED) is 0.450. The van der Waals surface area contributed by atoms with Crippen molar-refractivity contribution in [3.8, 4) is 11.5 Å². The van der Waals surface area contributed by atoms with Crippen molar-refractivity contribution < 1.29 is 37.0 Å². The Balaban J connectivity index is 1.26. The maximum Gasteiger partial charge on any atom is 0.410 e. The van der Waals surface area contributed by atoms with E-state index in [0.717, 1.165) is 18.4 Å². The van der Waals surface area contributed by atoms with E-state index in [4.69, 9.17) is 30.5 Å². The van der Waals surface area contributed by atoms with E-state index in [1.54, 1.807) is 23.1 Å². The van der Waals surface area contributed by atoms with Crippen molar-refractivity contribution in [2.75, 3.05) is 65.0 Å². The van der Waals surface area contributed by atoms with E-state index in [1.807, 2.05) is 38.4 Å². The van der Waals surface area contributed by atoms with Crippen LogP contribution >= 0.6 is 11.6 Å². The summed E-state index contributed by atoms with van der Waals surface area (Å²) in [6.07, 6.45) is 5.19. The fraction of sp³-hybridized carbons (Fsp3) is 0.556. The van der Waals surface area contributed by atoms with E-state index in [1.165, 1.54) is 19.9 Å². The number of anilines is 1. The van der Waals surface area contributed by atoms with Gasteiger partial charge in [0.1, 0.15) is 23.2 Å². The molecule has 0 aromatic heterocycles. The number of likely N-dealkylation sites (tertiary alicyclic amines) is 1.